The van der Waals surface area contributed by atoms with Gasteiger partial charge in [-0.15, -0.1) is 0 Å². The normalized spacial score (nSPS) is 13.6. The van der Waals surface area contributed by atoms with Crippen LogP contribution < -0.4 is 18.9 Å². The number of rotatable bonds is 19. The van der Waals surface area contributed by atoms with Gasteiger partial charge in [0.05, 0.1) is 26.4 Å². The monoisotopic (exact) mass is 1050 g/mol. The second kappa shape index (κ2) is 25.9. The lowest BCUT2D eigenvalue weighted by Gasteiger charge is -2.27. The standard InChI is InChI=1S/C70H82N2O6/c1-11-34-75-65-49-28-21-29-50(65)39-52-31-23-33-54(67(52)77-36-13-3)42-58-59(61(73)43-55(68(58)78-37-14-4)40-53-32-22-30-51(38-49)66(53)76-35-12-2)46-72-63(48-26-19-16-20-27-48)62(47-24-17-15-18-25-47)71-45-56-41-57(69(5,6)7)44-60(64(56)74)70(8,9)10/h15-33,41,43-46,62-63,73-74H,11-14,34-40,42H2,1-10H3. The van der Waals surface area contributed by atoms with Crippen molar-refractivity contribution in [1.82, 2.24) is 0 Å². The molecule has 0 saturated heterocycles. The molecule has 8 rings (SSSR count). The summed E-state index contributed by atoms with van der Waals surface area (Å²) in [5.74, 6) is 3.59. The number of benzene rings is 7. The van der Waals surface area contributed by atoms with Crippen LogP contribution in [0.15, 0.2) is 143 Å². The number of aliphatic imine (C=N–C) groups is 2. The van der Waals surface area contributed by atoms with Crippen LogP contribution in [-0.2, 0) is 36.5 Å². The molecular weight excluding hydrogens is 965 g/mol. The molecule has 0 radical (unpaired) electrons. The Kier molecular flexibility index (Phi) is 18.9. The Morgan fingerprint density at radius 1 is 0.449 bits per heavy atom. The van der Waals surface area contributed by atoms with Crippen LogP contribution in [0.5, 0.6) is 34.5 Å². The van der Waals surface area contributed by atoms with Gasteiger partial charge in [0, 0.05) is 65.9 Å². The molecule has 7 aromatic carbocycles. The van der Waals surface area contributed by atoms with Crippen molar-refractivity contribution in [2.75, 3.05) is 26.4 Å². The van der Waals surface area contributed by atoms with Crippen LogP contribution in [0.4, 0.5) is 0 Å². The maximum Gasteiger partial charge on any atom is 0.128 e. The van der Waals surface area contributed by atoms with Gasteiger partial charge >= 0.3 is 0 Å². The Balaban J connectivity index is 1.37. The lowest BCUT2D eigenvalue weighted by molar-refractivity contribution is 0.304. The number of hydrogen-bond donors (Lipinski definition) is 2. The molecule has 8 nitrogen and oxygen atoms in total. The van der Waals surface area contributed by atoms with E-state index in [1.165, 1.54) is 0 Å². The number of phenols is 2. The first kappa shape index (κ1) is 56.9. The van der Waals surface area contributed by atoms with Gasteiger partial charge in [-0.3, -0.25) is 9.98 Å². The predicted octanol–water partition coefficient (Wildman–Crippen LogP) is 16.5. The van der Waals surface area contributed by atoms with Crippen molar-refractivity contribution in [3.63, 3.8) is 0 Å². The summed E-state index contributed by atoms with van der Waals surface area (Å²) in [6.45, 7) is 23.6. The van der Waals surface area contributed by atoms with E-state index in [0.29, 0.717) is 69.0 Å². The number of hydrogen-bond acceptors (Lipinski definition) is 8. The van der Waals surface area contributed by atoms with Crippen molar-refractivity contribution >= 4 is 12.4 Å². The highest BCUT2D eigenvalue weighted by Gasteiger charge is 2.29. The maximum atomic E-state index is 12.8. The molecule has 2 unspecified atom stereocenters. The molecule has 0 aliphatic heterocycles. The fraction of sp³-hybridized carbons (Fsp3) is 0.371. The number of aromatic hydroxyl groups is 2. The summed E-state index contributed by atoms with van der Waals surface area (Å²) < 4.78 is 27.3. The Morgan fingerprint density at radius 3 is 1.26 bits per heavy atom. The second-order valence-corrected chi connectivity index (χ2v) is 22.8. The highest BCUT2D eigenvalue weighted by molar-refractivity contribution is 5.88. The van der Waals surface area contributed by atoms with Gasteiger partial charge in [0.1, 0.15) is 46.6 Å². The van der Waals surface area contributed by atoms with E-state index < -0.39 is 12.1 Å². The molecule has 0 spiro atoms. The molecule has 2 atom stereocenters. The van der Waals surface area contributed by atoms with Crippen molar-refractivity contribution < 1.29 is 29.2 Å². The fourth-order valence-corrected chi connectivity index (χ4v) is 10.4. The number of ether oxygens (including phenoxy) is 4. The van der Waals surface area contributed by atoms with E-state index in [4.69, 9.17) is 28.9 Å². The van der Waals surface area contributed by atoms with Gasteiger partial charge < -0.3 is 29.2 Å². The molecule has 8 heteroatoms. The van der Waals surface area contributed by atoms with Crippen LogP contribution in [-0.4, -0.2) is 49.1 Å². The molecule has 0 fully saturated rings. The molecule has 0 amide bonds. The van der Waals surface area contributed by atoms with Crippen molar-refractivity contribution in [3.05, 3.63) is 211 Å². The molecule has 408 valence electrons. The van der Waals surface area contributed by atoms with E-state index in [2.05, 4.69) is 160 Å². The minimum Gasteiger partial charge on any atom is -0.507 e. The zero-order chi connectivity index (χ0) is 55.4. The SMILES string of the molecule is CCCOc1c2cccc1Cc1cccc(c1OCCC)Cc1c(C=NC(c3ccccc3)C(N=Cc3cc(C(C)(C)C)cc(C(C)(C)C)c3O)c3ccccc3)c(O)cc(c1OCCC)Cc1cccc(c1OCCC)C2. The topological polar surface area (TPSA) is 102 Å². The highest BCUT2D eigenvalue weighted by atomic mass is 16.5. The van der Waals surface area contributed by atoms with Crippen LogP contribution in [0, 0.1) is 0 Å². The minimum atomic E-state index is -0.565. The number of para-hydroxylation sites is 3. The zero-order valence-corrected chi connectivity index (χ0v) is 47.9. The average Bonchev–Trinajstić information content (AvgIpc) is 3.41. The predicted molar refractivity (Wildman–Crippen MR) is 321 cm³/mol. The van der Waals surface area contributed by atoms with Gasteiger partial charge in [-0.25, -0.2) is 0 Å². The van der Waals surface area contributed by atoms with Crippen LogP contribution in [0.25, 0.3) is 0 Å². The quantitative estimate of drug-likeness (QED) is 0.0782. The molecule has 8 bridgehead atoms. The summed E-state index contributed by atoms with van der Waals surface area (Å²) in [6.07, 6.45) is 9.03. The van der Waals surface area contributed by atoms with E-state index in [1.807, 2.05) is 54.9 Å². The van der Waals surface area contributed by atoms with Crippen LogP contribution in [0.2, 0.25) is 0 Å². The van der Waals surface area contributed by atoms with Gasteiger partial charge in [-0.2, -0.15) is 0 Å². The van der Waals surface area contributed by atoms with Crippen molar-refractivity contribution in [1.29, 1.82) is 0 Å². The Bertz CT molecular complexity index is 3180. The van der Waals surface area contributed by atoms with Gasteiger partial charge in [-0.05, 0) is 98.7 Å². The van der Waals surface area contributed by atoms with Crippen molar-refractivity contribution in [3.8, 4) is 34.5 Å². The molecule has 0 saturated carbocycles. The lowest BCUT2D eigenvalue weighted by atomic mass is 9.79. The fourth-order valence-electron chi connectivity index (χ4n) is 10.4. The molecule has 1 aliphatic carbocycles. The minimum absolute atomic E-state index is 0.0889. The van der Waals surface area contributed by atoms with E-state index in [1.54, 1.807) is 0 Å². The largest absolute Gasteiger partial charge is 0.507 e. The number of phenolic OH excluding ortho intramolecular Hbond substituents is 2. The Morgan fingerprint density at radius 2 is 0.846 bits per heavy atom. The van der Waals surface area contributed by atoms with Crippen molar-refractivity contribution in [2.45, 2.75) is 144 Å². The smallest absolute Gasteiger partial charge is 0.128 e. The summed E-state index contributed by atoms with van der Waals surface area (Å²) in [6, 6.07) is 44.7. The first-order valence-corrected chi connectivity index (χ1v) is 28.4. The number of nitrogens with zero attached hydrogens (tertiary/aromatic N) is 2. The summed E-state index contributed by atoms with van der Waals surface area (Å²) in [7, 11) is 0. The molecule has 0 aromatic heterocycles. The third-order valence-corrected chi connectivity index (χ3v) is 14.5. The van der Waals surface area contributed by atoms with Crippen molar-refractivity contribution in [2.24, 2.45) is 9.98 Å². The van der Waals surface area contributed by atoms with Gasteiger partial charge in [-0.1, -0.05) is 191 Å². The summed E-state index contributed by atoms with van der Waals surface area (Å²) in [4.78, 5) is 11.0. The Hall–Kier alpha value is -7.32. The first-order valence-electron chi connectivity index (χ1n) is 28.4. The highest BCUT2D eigenvalue weighted by Crippen LogP contribution is 2.44. The van der Waals surface area contributed by atoms with Gasteiger partial charge in [0.25, 0.3) is 0 Å². The third kappa shape index (κ3) is 13.5. The average molecular weight is 1050 g/mol. The van der Waals surface area contributed by atoms with E-state index >= 15 is 0 Å². The molecule has 78 heavy (non-hydrogen) atoms. The van der Waals surface area contributed by atoms with Gasteiger partial charge in [0.15, 0.2) is 0 Å². The van der Waals surface area contributed by atoms with E-state index in [0.717, 1.165) is 110 Å². The Labute approximate surface area is 465 Å². The number of fused-ring (bicyclic) bond motifs is 8. The molecule has 2 N–H and O–H groups in total. The summed E-state index contributed by atoms with van der Waals surface area (Å²) in [5, 5.41) is 24.7. The molecule has 0 heterocycles. The van der Waals surface area contributed by atoms with Gasteiger partial charge in [0.2, 0.25) is 0 Å². The summed E-state index contributed by atoms with van der Waals surface area (Å²) >= 11 is 0. The second-order valence-electron chi connectivity index (χ2n) is 22.8. The molecule has 7 aromatic rings. The molecule has 1 aliphatic rings. The summed E-state index contributed by atoms with van der Waals surface area (Å²) in [5.41, 5.74) is 12.5. The van der Waals surface area contributed by atoms with Crippen LogP contribution >= 0.6 is 0 Å². The van der Waals surface area contributed by atoms with Crippen LogP contribution in [0.3, 0.4) is 0 Å². The van der Waals surface area contributed by atoms with E-state index in [-0.39, 0.29) is 22.3 Å². The molecular formula is C70H82N2O6. The van der Waals surface area contributed by atoms with E-state index in [9.17, 15) is 10.2 Å². The maximum absolute atomic E-state index is 12.8. The lowest BCUT2D eigenvalue weighted by Crippen LogP contribution is -2.17. The first-order chi connectivity index (χ1) is 37.6. The zero-order valence-electron chi connectivity index (χ0n) is 47.9. The third-order valence-electron chi connectivity index (χ3n) is 14.5. The van der Waals surface area contributed by atoms with Crippen LogP contribution in [0.1, 0.15) is 185 Å².